The van der Waals surface area contributed by atoms with Crippen LogP contribution >= 0.6 is 0 Å². The number of nitrogens with zero attached hydrogens (tertiary/aromatic N) is 1. The topological polar surface area (TPSA) is 57.8 Å². The van der Waals surface area contributed by atoms with Crippen molar-refractivity contribution in [1.82, 2.24) is 9.97 Å². The fraction of sp³-hybridized carbons (Fsp3) is 0.286. The first-order valence-electron chi connectivity index (χ1n) is 6.22. The number of aromatic amines is 1. The van der Waals surface area contributed by atoms with Crippen molar-refractivity contribution in [2.24, 2.45) is 5.92 Å². The summed E-state index contributed by atoms with van der Waals surface area (Å²) in [5.74, 6) is 0.368. The van der Waals surface area contributed by atoms with E-state index in [-0.39, 0.29) is 11.8 Å². The molecule has 0 atom stereocenters. The standard InChI is InChI=1S/C14H15N3O/c18-14(11-2-1-3-11)17-12-6-4-10(5-7-12)13-8-15-9-16-13/h4-9,11H,1-3H2,(H,15,16)(H,17,18). The summed E-state index contributed by atoms with van der Waals surface area (Å²) in [5.41, 5.74) is 2.90. The van der Waals surface area contributed by atoms with Crippen molar-refractivity contribution in [3.8, 4) is 11.3 Å². The maximum atomic E-state index is 11.8. The third-order valence-electron chi connectivity index (χ3n) is 3.44. The van der Waals surface area contributed by atoms with Gasteiger partial charge in [-0.3, -0.25) is 4.79 Å². The lowest BCUT2D eigenvalue weighted by molar-refractivity contribution is -0.122. The molecule has 1 aliphatic carbocycles. The molecule has 4 heteroatoms. The molecule has 18 heavy (non-hydrogen) atoms. The number of hydrogen-bond acceptors (Lipinski definition) is 2. The minimum atomic E-state index is 0.149. The van der Waals surface area contributed by atoms with E-state index in [4.69, 9.17) is 0 Å². The largest absolute Gasteiger partial charge is 0.345 e. The van der Waals surface area contributed by atoms with E-state index < -0.39 is 0 Å². The highest BCUT2D eigenvalue weighted by atomic mass is 16.1. The molecule has 4 nitrogen and oxygen atoms in total. The van der Waals surface area contributed by atoms with Gasteiger partial charge in [0.15, 0.2) is 0 Å². The first kappa shape index (κ1) is 11.0. The van der Waals surface area contributed by atoms with Gasteiger partial charge in [0.2, 0.25) is 5.91 Å². The van der Waals surface area contributed by atoms with Crippen LogP contribution in [-0.2, 0) is 4.79 Å². The smallest absolute Gasteiger partial charge is 0.227 e. The molecule has 0 unspecified atom stereocenters. The summed E-state index contributed by atoms with van der Waals surface area (Å²) < 4.78 is 0. The van der Waals surface area contributed by atoms with Gasteiger partial charge in [0.05, 0.1) is 18.2 Å². The first-order valence-corrected chi connectivity index (χ1v) is 6.22. The zero-order valence-electron chi connectivity index (χ0n) is 10.0. The lowest BCUT2D eigenvalue weighted by Crippen LogP contribution is -2.27. The molecule has 0 aliphatic heterocycles. The van der Waals surface area contributed by atoms with Gasteiger partial charge < -0.3 is 10.3 Å². The van der Waals surface area contributed by atoms with E-state index in [1.807, 2.05) is 24.3 Å². The van der Waals surface area contributed by atoms with Gasteiger partial charge in [-0.25, -0.2) is 4.98 Å². The molecule has 2 N–H and O–H groups in total. The van der Waals surface area contributed by atoms with Crippen LogP contribution < -0.4 is 5.32 Å². The molecule has 1 fully saturated rings. The number of benzene rings is 1. The maximum absolute atomic E-state index is 11.8. The number of amides is 1. The fourth-order valence-corrected chi connectivity index (χ4v) is 2.06. The first-order chi connectivity index (χ1) is 8.83. The average Bonchev–Trinajstić information content (AvgIpc) is 2.81. The van der Waals surface area contributed by atoms with E-state index >= 15 is 0 Å². The Hall–Kier alpha value is -2.10. The molecule has 1 amide bonds. The van der Waals surface area contributed by atoms with Crippen LogP contribution in [-0.4, -0.2) is 15.9 Å². The monoisotopic (exact) mass is 241 g/mol. The van der Waals surface area contributed by atoms with Crippen LogP contribution in [0.2, 0.25) is 0 Å². The number of hydrogen-bond donors (Lipinski definition) is 2. The SMILES string of the molecule is O=C(Nc1ccc(-c2cnc[nH]2)cc1)C1CCC1. The summed E-state index contributed by atoms with van der Waals surface area (Å²) in [6.45, 7) is 0. The molecule has 1 aromatic heterocycles. The molecular weight excluding hydrogens is 226 g/mol. The Bertz CT molecular complexity index is 527. The van der Waals surface area contributed by atoms with Crippen molar-refractivity contribution in [2.75, 3.05) is 5.32 Å². The summed E-state index contributed by atoms with van der Waals surface area (Å²) in [5, 5.41) is 2.95. The number of H-pyrrole nitrogens is 1. The van der Waals surface area contributed by atoms with Gasteiger partial charge in [0, 0.05) is 11.6 Å². The Balaban J connectivity index is 1.69. The van der Waals surface area contributed by atoms with Crippen LogP contribution in [0.5, 0.6) is 0 Å². The number of carbonyl (C=O) groups excluding carboxylic acids is 1. The van der Waals surface area contributed by atoms with E-state index in [1.54, 1.807) is 12.5 Å². The van der Waals surface area contributed by atoms with Gasteiger partial charge in [-0.15, -0.1) is 0 Å². The van der Waals surface area contributed by atoms with Crippen LogP contribution in [0, 0.1) is 5.92 Å². The lowest BCUT2D eigenvalue weighted by atomic mass is 9.85. The minimum Gasteiger partial charge on any atom is -0.345 e. The van der Waals surface area contributed by atoms with E-state index in [2.05, 4.69) is 15.3 Å². The van der Waals surface area contributed by atoms with Crippen molar-refractivity contribution in [3.63, 3.8) is 0 Å². The minimum absolute atomic E-state index is 0.149. The van der Waals surface area contributed by atoms with Crippen molar-refractivity contribution in [2.45, 2.75) is 19.3 Å². The van der Waals surface area contributed by atoms with Crippen LogP contribution in [0.25, 0.3) is 11.3 Å². The maximum Gasteiger partial charge on any atom is 0.227 e. The predicted octanol–water partition coefficient (Wildman–Crippen LogP) is 2.82. The molecule has 3 rings (SSSR count). The molecule has 92 valence electrons. The number of nitrogens with one attached hydrogen (secondary N) is 2. The van der Waals surface area contributed by atoms with Crippen molar-refractivity contribution < 1.29 is 4.79 Å². The highest BCUT2D eigenvalue weighted by molar-refractivity contribution is 5.93. The zero-order chi connectivity index (χ0) is 12.4. The molecule has 0 radical (unpaired) electrons. The van der Waals surface area contributed by atoms with Crippen molar-refractivity contribution in [1.29, 1.82) is 0 Å². The summed E-state index contributed by atoms with van der Waals surface area (Å²) in [7, 11) is 0. The summed E-state index contributed by atoms with van der Waals surface area (Å²) in [6.07, 6.45) is 6.66. The molecule has 1 aliphatic rings. The van der Waals surface area contributed by atoms with Gasteiger partial charge in [-0.2, -0.15) is 0 Å². The number of rotatable bonds is 3. The Morgan fingerprint density at radius 3 is 2.61 bits per heavy atom. The Kier molecular flexibility index (Phi) is 2.84. The van der Waals surface area contributed by atoms with Gasteiger partial charge >= 0.3 is 0 Å². The van der Waals surface area contributed by atoms with Crippen molar-refractivity contribution in [3.05, 3.63) is 36.8 Å². The van der Waals surface area contributed by atoms with Crippen LogP contribution in [0.4, 0.5) is 5.69 Å². The predicted molar refractivity (Wildman–Crippen MR) is 70.0 cm³/mol. The molecule has 0 spiro atoms. The van der Waals surface area contributed by atoms with Gasteiger partial charge in [0.1, 0.15) is 0 Å². The number of imidazole rings is 1. The van der Waals surface area contributed by atoms with Crippen LogP contribution in [0.3, 0.4) is 0 Å². The third kappa shape index (κ3) is 2.14. The molecular formula is C14H15N3O. The highest BCUT2D eigenvalue weighted by Crippen LogP contribution is 2.28. The quantitative estimate of drug-likeness (QED) is 0.868. The third-order valence-corrected chi connectivity index (χ3v) is 3.44. The second kappa shape index (κ2) is 4.64. The molecule has 1 aromatic carbocycles. The van der Waals surface area contributed by atoms with Crippen LogP contribution in [0.1, 0.15) is 19.3 Å². The van der Waals surface area contributed by atoms with Crippen LogP contribution in [0.15, 0.2) is 36.8 Å². The highest BCUT2D eigenvalue weighted by Gasteiger charge is 2.24. The summed E-state index contributed by atoms with van der Waals surface area (Å²) >= 11 is 0. The van der Waals surface area contributed by atoms with Gasteiger partial charge in [-0.05, 0) is 30.5 Å². The number of aromatic nitrogens is 2. The Labute approximate surface area is 105 Å². The lowest BCUT2D eigenvalue weighted by Gasteiger charge is -2.24. The molecule has 1 heterocycles. The zero-order valence-corrected chi connectivity index (χ0v) is 10.0. The molecule has 1 saturated carbocycles. The van der Waals surface area contributed by atoms with Gasteiger partial charge in [-0.1, -0.05) is 18.6 Å². The molecule has 2 aromatic rings. The second-order valence-corrected chi connectivity index (χ2v) is 4.66. The summed E-state index contributed by atoms with van der Waals surface area (Å²) in [6, 6.07) is 7.80. The van der Waals surface area contributed by atoms with E-state index in [0.717, 1.165) is 29.8 Å². The number of carbonyl (C=O) groups is 1. The molecule has 0 bridgehead atoms. The average molecular weight is 241 g/mol. The molecule has 0 saturated heterocycles. The fourth-order valence-electron chi connectivity index (χ4n) is 2.06. The second-order valence-electron chi connectivity index (χ2n) is 4.66. The normalized spacial score (nSPS) is 15.1. The van der Waals surface area contributed by atoms with E-state index in [0.29, 0.717) is 0 Å². The van der Waals surface area contributed by atoms with E-state index in [1.165, 1.54) is 6.42 Å². The Morgan fingerprint density at radius 1 is 1.28 bits per heavy atom. The summed E-state index contributed by atoms with van der Waals surface area (Å²) in [4.78, 5) is 18.8. The van der Waals surface area contributed by atoms with E-state index in [9.17, 15) is 4.79 Å². The van der Waals surface area contributed by atoms with Crippen molar-refractivity contribution >= 4 is 11.6 Å². The Morgan fingerprint density at radius 2 is 2.06 bits per heavy atom. The van der Waals surface area contributed by atoms with Gasteiger partial charge in [0.25, 0.3) is 0 Å². The number of anilines is 1.